The van der Waals surface area contributed by atoms with Crippen LogP contribution in [0.1, 0.15) is 11.6 Å². The Morgan fingerprint density at radius 3 is 2.75 bits per heavy atom. The SMILES string of the molecule is N[C@H](CO)c1cc(O)ccc1F. The first kappa shape index (κ1) is 8.96. The van der Waals surface area contributed by atoms with E-state index >= 15 is 0 Å². The molecule has 66 valence electrons. The van der Waals surface area contributed by atoms with Gasteiger partial charge in [-0.1, -0.05) is 0 Å². The first-order valence-electron chi connectivity index (χ1n) is 3.50. The molecule has 0 saturated carbocycles. The molecule has 0 radical (unpaired) electrons. The smallest absolute Gasteiger partial charge is 0.128 e. The molecule has 0 heterocycles. The van der Waals surface area contributed by atoms with Gasteiger partial charge >= 0.3 is 0 Å². The van der Waals surface area contributed by atoms with Gasteiger partial charge in [-0.25, -0.2) is 4.39 Å². The largest absolute Gasteiger partial charge is 0.508 e. The molecule has 0 fully saturated rings. The van der Waals surface area contributed by atoms with Gasteiger partial charge in [-0.15, -0.1) is 0 Å². The fraction of sp³-hybridized carbons (Fsp3) is 0.250. The molecule has 1 aromatic carbocycles. The van der Waals surface area contributed by atoms with Crippen molar-refractivity contribution >= 4 is 0 Å². The molecule has 4 heteroatoms. The average Bonchev–Trinajstić information content (AvgIpc) is 2.08. The molecule has 4 N–H and O–H groups in total. The Balaban J connectivity index is 3.04. The molecule has 1 aromatic rings. The number of hydrogen-bond acceptors (Lipinski definition) is 3. The van der Waals surface area contributed by atoms with Crippen LogP contribution in [-0.4, -0.2) is 16.8 Å². The molecule has 12 heavy (non-hydrogen) atoms. The Labute approximate surface area is 69.3 Å². The summed E-state index contributed by atoms with van der Waals surface area (Å²) < 4.78 is 12.9. The van der Waals surface area contributed by atoms with E-state index in [2.05, 4.69) is 0 Å². The van der Waals surface area contributed by atoms with Crippen LogP contribution >= 0.6 is 0 Å². The van der Waals surface area contributed by atoms with E-state index in [1.807, 2.05) is 0 Å². The van der Waals surface area contributed by atoms with Gasteiger partial charge in [-0.05, 0) is 18.2 Å². The molecule has 1 atom stereocenters. The number of halogens is 1. The van der Waals surface area contributed by atoms with E-state index in [0.29, 0.717) is 0 Å². The third kappa shape index (κ3) is 1.72. The maximum Gasteiger partial charge on any atom is 0.128 e. The monoisotopic (exact) mass is 171 g/mol. The highest BCUT2D eigenvalue weighted by Gasteiger charge is 2.10. The van der Waals surface area contributed by atoms with Crippen LogP contribution in [0.15, 0.2) is 18.2 Å². The maximum atomic E-state index is 12.9. The zero-order valence-corrected chi connectivity index (χ0v) is 6.37. The zero-order valence-electron chi connectivity index (χ0n) is 6.37. The van der Waals surface area contributed by atoms with Crippen LogP contribution in [0.3, 0.4) is 0 Å². The number of phenolic OH excluding ortho intramolecular Hbond substituents is 1. The standard InChI is InChI=1S/C8H10FNO2/c9-7-2-1-5(12)3-6(7)8(10)4-11/h1-3,8,11-12H,4,10H2/t8-/m1/s1. The van der Waals surface area contributed by atoms with E-state index in [4.69, 9.17) is 15.9 Å². The van der Waals surface area contributed by atoms with Gasteiger partial charge < -0.3 is 15.9 Å². The molecular formula is C8H10FNO2. The van der Waals surface area contributed by atoms with Crippen molar-refractivity contribution in [1.82, 2.24) is 0 Å². The topological polar surface area (TPSA) is 66.5 Å². The van der Waals surface area contributed by atoms with E-state index < -0.39 is 11.9 Å². The third-order valence-corrected chi connectivity index (χ3v) is 1.58. The molecule has 0 bridgehead atoms. The van der Waals surface area contributed by atoms with Crippen LogP contribution in [0.4, 0.5) is 4.39 Å². The number of nitrogens with two attached hydrogens (primary N) is 1. The van der Waals surface area contributed by atoms with Crippen molar-refractivity contribution < 1.29 is 14.6 Å². The van der Waals surface area contributed by atoms with Crippen LogP contribution in [0.25, 0.3) is 0 Å². The van der Waals surface area contributed by atoms with E-state index in [0.717, 1.165) is 6.07 Å². The van der Waals surface area contributed by atoms with Crippen molar-refractivity contribution in [1.29, 1.82) is 0 Å². The summed E-state index contributed by atoms with van der Waals surface area (Å²) in [7, 11) is 0. The van der Waals surface area contributed by atoms with Crippen molar-refractivity contribution in [2.24, 2.45) is 5.73 Å². The fourth-order valence-electron chi connectivity index (χ4n) is 0.914. The second-order valence-electron chi connectivity index (χ2n) is 2.49. The van der Waals surface area contributed by atoms with Gasteiger partial charge in [0.1, 0.15) is 11.6 Å². The summed E-state index contributed by atoms with van der Waals surface area (Å²) in [4.78, 5) is 0. The first-order chi connectivity index (χ1) is 5.65. The van der Waals surface area contributed by atoms with E-state index in [-0.39, 0.29) is 17.9 Å². The van der Waals surface area contributed by atoms with E-state index in [1.165, 1.54) is 12.1 Å². The van der Waals surface area contributed by atoms with Crippen molar-refractivity contribution in [3.8, 4) is 5.75 Å². The molecular weight excluding hydrogens is 161 g/mol. The summed E-state index contributed by atoms with van der Waals surface area (Å²) in [6, 6.07) is 2.76. The van der Waals surface area contributed by atoms with Crippen LogP contribution in [0, 0.1) is 5.82 Å². The Bertz CT molecular complexity index is 278. The van der Waals surface area contributed by atoms with E-state index in [9.17, 15) is 4.39 Å². The molecule has 0 aliphatic heterocycles. The van der Waals surface area contributed by atoms with Crippen LogP contribution in [0.2, 0.25) is 0 Å². The molecule has 0 spiro atoms. The molecule has 0 amide bonds. The van der Waals surface area contributed by atoms with Crippen LogP contribution in [-0.2, 0) is 0 Å². The zero-order chi connectivity index (χ0) is 9.14. The van der Waals surface area contributed by atoms with Crippen LogP contribution < -0.4 is 5.73 Å². The minimum absolute atomic E-state index is 0.0599. The summed E-state index contributed by atoms with van der Waals surface area (Å²) in [5, 5.41) is 17.6. The van der Waals surface area contributed by atoms with Crippen molar-refractivity contribution in [2.45, 2.75) is 6.04 Å². The summed E-state index contributed by atoms with van der Waals surface area (Å²) in [6.07, 6.45) is 0. The van der Waals surface area contributed by atoms with Gasteiger partial charge in [0.2, 0.25) is 0 Å². The van der Waals surface area contributed by atoms with Gasteiger partial charge in [0.05, 0.1) is 12.6 Å². The lowest BCUT2D eigenvalue weighted by Crippen LogP contribution is -2.15. The summed E-state index contributed by atoms with van der Waals surface area (Å²) in [5.74, 6) is -0.579. The molecule has 0 aliphatic rings. The quantitative estimate of drug-likeness (QED) is 0.607. The highest BCUT2D eigenvalue weighted by atomic mass is 19.1. The number of benzene rings is 1. The Hall–Kier alpha value is -1.13. The van der Waals surface area contributed by atoms with Gasteiger partial charge in [0.25, 0.3) is 0 Å². The number of aliphatic hydroxyl groups is 1. The lowest BCUT2D eigenvalue weighted by Gasteiger charge is -2.09. The minimum atomic E-state index is -0.780. The molecule has 3 nitrogen and oxygen atoms in total. The molecule has 0 saturated heterocycles. The highest BCUT2D eigenvalue weighted by Crippen LogP contribution is 2.19. The number of hydrogen-bond donors (Lipinski definition) is 3. The number of aliphatic hydroxyl groups excluding tert-OH is 1. The van der Waals surface area contributed by atoms with Gasteiger partial charge in [0, 0.05) is 5.56 Å². The predicted molar refractivity (Wildman–Crippen MR) is 42.1 cm³/mol. The second-order valence-corrected chi connectivity index (χ2v) is 2.49. The predicted octanol–water partition coefficient (Wildman–Crippen LogP) is 0.523. The summed E-state index contributed by atoms with van der Waals surface area (Å²) in [6.45, 7) is -0.347. The van der Waals surface area contributed by atoms with Gasteiger partial charge in [-0.2, -0.15) is 0 Å². The van der Waals surface area contributed by atoms with E-state index in [1.54, 1.807) is 0 Å². The van der Waals surface area contributed by atoms with Crippen LogP contribution in [0.5, 0.6) is 5.75 Å². The highest BCUT2D eigenvalue weighted by molar-refractivity contribution is 5.30. The second kappa shape index (κ2) is 3.51. The molecule has 0 aromatic heterocycles. The number of aromatic hydroxyl groups is 1. The lowest BCUT2D eigenvalue weighted by atomic mass is 10.1. The molecule has 1 rings (SSSR count). The maximum absolute atomic E-state index is 12.9. The third-order valence-electron chi connectivity index (χ3n) is 1.58. The number of rotatable bonds is 2. The summed E-state index contributed by atoms with van der Waals surface area (Å²) in [5.41, 5.74) is 5.49. The van der Waals surface area contributed by atoms with Crippen molar-refractivity contribution in [2.75, 3.05) is 6.61 Å². The first-order valence-corrected chi connectivity index (χ1v) is 3.50. The minimum Gasteiger partial charge on any atom is -0.508 e. The molecule has 0 unspecified atom stereocenters. The Kier molecular flexibility index (Phi) is 2.62. The Morgan fingerprint density at radius 2 is 2.17 bits per heavy atom. The fourth-order valence-corrected chi connectivity index (χ4v) is 0.914. The summed E-state index contributed by atoms with van der Waals surface area (Å²) >= 11 is 0. The average molecular weight is 171 g/mol. The molecule has 0 aliphatic carbocycles. The van der Waals surface area contributed by atoms with Gasteiger partial charge in [0.15, 0.2) is 0 Å². The van der Waals surface area contributed by atoms with Crippen molar-refractivity contribution in [3.05, 3.63) is 29.6 Å². The van der Waals surface area contributed by atoms with Crippen molar-refractivity contribution in [3.63, 3.8) is 0 Å². The van der Waals surface area contributed by atoms with Gasteiger partial charge in [-0.3, -0.25) is 0 Å². The number of phenols is 1. The normalized spacial score (nSPS) is 12.9. The lowest BCUT2D eigenvalue weighted by molar-refractivity contribution is 0.265. The Morgan fingerprint density at radius 1 is 1.50 bits per heavy atom.